The maximum absolute atomic E-state index is 12.3. The van der Waals surface area contributed by atoms with Crippen LogP contribution in [0.15, 0.2) is 0 Å². The van der Waals surface area contributed by atoms with Gasteiger partial charge < -0.3 is 10.2 Å². The molecule has 1 aliphatic heterocycles. The van der Waals surface area contributed by atoms with Crippen LogP contribution in [0, 0.1) is 17.8 Å². The van der Waals surface area contributed by atoms with Crippen molar-refractivity contribution in [2.45, 2.75) is 71.8 Å². The summed E-state index contributed by atoms with van der Waals surface area (Å²) >= 11 is 0. The van der Waals surface area contributed by atoms with Gasteiger partial charge in [0.15, 0.2) is 0 Å². The molecule has 0 bridgehead atoms. The maximum atomic E-state index is 12.3. The molecule has 0 radical (unpaired) electrons. The molecule has 21 heavy (non-hydrogen) atoms. The second-order valence-electron chi connectivity index (χ2n) is 7.36. The highest BCUT2D eigenvalue weighted by molar-refractivity contribution is 5.76. The molecule has 0 aromatic heterocycles. The smallest absolute Gasteiger partial charge is 0.222 e. The van der Waals surface area contributed by atoms with Gasteiger partial charge in [0.25, 0.3) is 0 Å². The number of carbonyl (C=O) groups excluding carboxylic acids is 1. The molecule has 122 valence electrons. The van der Waals surface area contributed by atoms with Crippen LogP contribution in [-0.4, -0.2) is 36.5 Å². The third kappa shape index (κ3) is 4.70. The molecule has 3 unspecified atom stereocenters. The van der Waals surface area contributed by atoms with E-state index < -0.39 is 0 Å². The third-order valence-electron chi connectivity index (χ3n) is 5.69. The van der Waals surface area contributed by atoms with E-state index in [9.17, 15) is 4.79 Å². The van der Waals surface area contributed by atoms with Crippen LogP contribution in [-0.2, 0) is 4.79 Å². The maximum Gasteiger partial charge on any atom is 0.222 e. The standard InChI is InChI=1S/C18H34N2O/c1-4-19-17-7-5-6-16(17)11-13-20-12-10-15(14(2)3)8-9-18(20)21/h14-17,19H,4-13H2,1-3H3. The van der Waals surface area contributed by atoms with E-state index in [1.165, 1.54) is 32.1 Å². The highest BCUT2D eigenvalue weighted by Crippen LogP contribution is 2.30. The Morgan fingerprint density at radius 2 is 2.05 bits per heavy atom. The summed E-state index contributed by atoms with van der Waals surface area (Å²) in [6.45, 7) is 9.82. The highest BCUT2D eigenvalue weighted by Gasteiger charge is 2.28. The van der Waals surface area contributed by atoms with E-state index in [-0.39, 0.29) is 0 Å². The summed E-state index contributed by atoms with van der Waals surface area (Å²) < 4.78 is 0. The van der Waals surface area contributed by atoms with E-state index in [2.05, 4.69) is 31.0 Å². The topological polar surface area (TPSA) is 32.3 Å². The van der Waals surface area contributed by atoms with Crippen molar-refractivity contribution in [1.82, 2.24) is 10.2 Å². The lowest BCUT2D eigenvalue weighted by Crippen LogP contribution is -2.36. The zero-order valence-corrected chi connectivity index (χ0v) is 14.2. The molecule has 1 saturated heterocycles. The molecular formula is C18H34N2O. The fourth-order valence-electron chi connectivity index (χ4n) is 4.20. The van der Waals surface area contributed by atoms with E-state index in [1.807, 2.05) is 0 Å². The quantitative estimate of drug-likeness (QED) is 0.814. The Kier molecular flexibility index (Phi) is 6.53. The van der Waals surface area contributed by atoms with Crippen LogP contribution < -0.4 is 5.32 Å². The number of hydrogen-bond acceptors (Lipinski definition) is 2. The van der Waals surface area contributed by atoms with Crippen LogP contribution in [0.3, 0.4) is 0 Å². The van der Waals surface area contributed by atoms with Gasteiger partial charge in [-0.15, -0.1) is 0 Å². The van der Waals surface area contributed by atoms with Gasteiger partial charge in [0.05, 0.1) is 0 Å². The van der Waals surface area contributed by atoms with Gasteiger partial charge >= 0.3 is 0 Å². The number of nitrogens with one attached hydrogen (secondary N) is 1. The van der Waals surface area contributed by atoms with E-state index in [4.69, 9.17) is 0 Å². The predicted molar refractivity (Wildman–Crippen MR) is 88.2 cm³/mol. The predicted octanol–water partition coefficient (Wildman–Crippen LogP) is 3.44. The molecule has 3 atom stereocenters. The summed E-state index contributed by atoms with van der Waals surface area (Å²) in [6, 6.07) is 0.695. The van der Waals surface area contributed by atoms with Crippen molar-refractivity contribution in [2.75, 3.05) is 19.6 Å². The van der Waals surface area contributed by atoms with Crippen molar-refractivity contribution in [3.05, 3.63) is 0 Å². The van der Waals surface area contributed by atoms with Gasteiger partial charge in [-0.3, -0.25) is 4.79 Å². The molecule has 0 aromatic carbocycles. The lowest BCUT2D eigenvalue weighted by atomic mass is 9.89. The minimum atomic E-state index is 0.399. The van der Waals surface area contributed by atoms with Crippen LogP contribution in [0.1, 0.15) is 65.7 Å². The second kappa shape index (κ2) is 8.17. The van der Waals surface area contributed by atoms with Crippen LogP contribution in [0.25, 0.3) is 0 Å². The summed E-state index contributed by atoms with van der Waals surface area (Å²) in [4.78, 5) is 14.5. The molecule has 1 saturated carbocycles. The average molecular weight is 294 g/mol. The first kappa shape index (κ1) is 16.8. The zero-order chi connectivity index (χ0) is 15.2. The molecule has 1 aliphatic carbocycles. The number of nitrogens with zero attached hydrogens (tertiary/aromatic N) is 1. The molecule has 2 rings (SSSR count). The fourth-order valence-corrected chi connectivity index (χ4v) is 4.20. The molecule has 1 heterocycles. The van der Waals surface area contributed by atoms with Gasteiger partial charge in [-0.1, -0.05) is 27.2 Å². The van der Waals surface area contributed by atoms with Gasteiger partial charge in [-0.25, -0.2) is 0 Å². The van der Waals surface area contributed by atoms with E-state index in [1.54, 1.807) is 0 Å². The van der Waals surface area contributed by atoms with E-state index in [0.717, 1.165) is 44.3 Å². The average Bonchev–Trinajstić information content (AvgIpc) is 2.80. The number of rotatable bonds is 6. The Morgan fingerprint density at radius 1 is 1.24 bits per heavy atom. The molecule has 3 nitrogen and oxygen atoms in total. The van der Waals surface area contributed by atoms with Gasteiger partial charge in [-0.2, -0.15) is 0 Å². The molecule has 0 spiro atoms. The third-order valence-corrected chi connectivity index (χ3v) is 5.69. The summed E-state index contributed by atoms with van der Waals surface area (Å²) in [7, 11) is 0. The Hall–Kier alpha value is -0.570. The zero-order valence-electron chi connectivity index (χ0n) is 14.2. The van der Waals surface area contributed by atoms with E-state index >= 15 is 0 Å². The van der Waals surface area contributed by atoms with Gasteiger partial charge in [0.2, 0.25) is 5.91 Å². The summed E-state index contributed by atoms with van der Waals surface area (Å²) in [5.74, 6) is 2.63. The molecule has 2 fully saturated rings. The van der Waals surface area contributed by atoms with Crippen LogP contribution in [0.2, 0.25) is 0 Å². The number of hydrogen-bond donors (Lipinski definition) is 1. The van der Waals surface area contributed by atoms with Gasteiger partial charge in [0, 0.05) is 25.6 Å². The Labute approximate surface area is 130 Å². The van der Waals surface area contributed by atoms with Crippen LogP contribution in [0.5, 0.6) is 0 Å². The Bertz CT molecular complexity index is 329. The first-order valence-corrected chi connectivity index (χ1v) is 9.13. The Balaban J connectivity index is 1.80. The molecule has 2 aliphatic rings. The van der Waals surface area contributed by atoms with Gasteiger partial charge in [-0.05, 0) is 56.4 Å². The van der Waals surface area contributed by atoms with Crippen LogP contribution >= 0.6 is 0 Å². The van der Waals surface area contributed by atoms with Crippen molar-refractivity contribution < 1.29 is 4.79 Å². The molecule has 3 heteroatoms. The summed E-state index contributed by atoms with van der Waals surface area (Å²) in [6.07, 6.45) is 8.27. The lowest BCUT2D eigenvalue weighted by Gasteiger charge is -2.26. The van der Waals surface area contributed by atoms with Crippen molar-refractivity contribution >= 4 is 5.91 Å². The second-order valence-corrected chi connectivity index (χ2v) is 7.36. The minimum Gasteiger partial charge on any atom is -0.343 e. The molecule has 1 amide bonds. The molecule has 0 aromatic rings. The minimum absolute atomic E-state index is 0.399. The van der Waals surface area contributed by atoms with Crippen molar-refractivity contribution in [1.29, 1.82) is 0 Å². The number of amides is 1. The van der Waals surface area contributed by atoms with Crippen molar-refractivity contribution in [3.8, 4) is 0 Å². The first-order chi connectivity index (χ1) is 10.1. The molecular weight excluding hydrogens is 260 g/mol. The largest absolute Gasteiger partial charge is 0.343 e. The lowest BCUT2D eigenvalue weighted by molar-refractivity contribution is -0.130. The van der Waals surface area contributed by atoms with Crippen LogP contribution in [0.4, 0.5) is 0 Å². The fraction of sp³-hybridized carbons (Fsp3) is 0.944. The van der Waals surface area contributed by atoms with Gasteiger partial charge in [0.1, 0.15) is 0 Å². The van der Waals surface area contributed by atoms with Crippen molar-refractivity contribution in [2.24, 2.45) is 17.8 Å². The summed E-state index contributed by atoms with van der Waals surface area (Å²) in [5, 5.41) is 3.62. The first-order valence-electron chi connectivity index (χ1n) is 9.13. The van der Waals surface area contributed by atoms with E-state index in [0.29, 0.717) is 17.9 Å². The Morgan fingerprint density at radius 3 is 2.76 bits per heavy atom. The normalized spacial score (nSPS) is 31.0. The monoisotopic (exact) mass is 294 g/mol. The summed E-state index contributed by atoms with van der Waals surface area (Å²) in [5.41, 5.74) is 0. The number of likely N-dealkylation sites (tertiary alicyclic amines) is 1. The SMILES string of the molecule is CCNC1CCCC1CCN1CCC(C(C)C)CCC1=O. The number of carbonyl (C=O) groups is 1. The highest BCUT2D eigenvalue weighted by atomic mass is 16.2. The molecule has 1 N–H and O–H groups in total. The van der Waals surface area contributed by atoms with Crippen molar-refractivity contribution in [3.63, 3.8) is 0 Å².